The molecule has 1 aliphatic carbocycles. The molecule has 0 bridgehead atoms. The van der Waals surface area contributed by atoms with Crippen molar-refractivity contribution in [3.8, 4) is 11.1 Å². The molecule has 0 atom stereocenters. The van der Waals surface area contributed by atoms with Crippen LogP contribution in [-0.4, -0.2) is 54.7 Å². The number of nitrogens with one attached hydrogen (secondary N) is 2. The molecule has 2 aliphatic rings. The molecule has 7 heteroatoms. The van der Waals surface area contributed by atoms with Crippen LogP contribution in [0.25, 0.3) is 11.1 Å². The molecule has 2 N–H and O–H groups in total. The van der Waals surface area contributed by atoms with Crippen molar-refractivity contribution in [2.75, 3.05) is 37.7 Å². The van der Waals surface area contributed by atoms with Crippen molar-refractivity contribution in [3.63, 3.8) is 0 Å². The third-order valence-electron chi connectivity index (χ3n) is 8.33. The predicted molar refractivity (Wildman–Crippen MR) is 161 cm³/mol. The van der Waals surface area contributed by atoms with Gasteiger partial charge in [-0.1, -0.05) is 37.1 Å². The molecule has 0 unspecified atom stereocenters. The van der Waals surface area contributed by atoms with Gasteiger partial charge in [-0.25, -0.2) is 0 Å². The summed E-state index contributed by atoms with van der Waals surface area (Å²) < 4.78 is 5.48. The van der Waals surface area contributed by atoms with E-state index >= 15 is 0 Å². The Hall–Kier alpha value is -3.42. The van der Waals surface area contributed by atoms with E-state index in [1.54, 1.807) is 0 Å². The van der Waals surface area contributed by atoms with Gasteiger partial charge in [0.05, 0.1) is 13.2 Å². The summed E-state index contributed by atoms with van der Waals surface area (Å²) >= 11 is 0. The van der Waals surface area contributed by atoms with Crippen molar-refractivity contribution in [1.82, 2.24) is 15.2 Å². The smallest absolute Gasteiger partial charge is 0.253 e. The number of pyridine rings is 1. The fraction of sp³-hybridized carbons (Fsp3) is 0.455. The topological polar surface area (TPSA) is 77.7 Å². The van der Waals surface area contributed by atoms with E-state index < -0.39 is 0 Å². The van der Waals surface area contributed by atoms with E-state index in [0.29, 0.717) is 17.2 Å². The highest BCUT2D eigenvalue weighted by Crippen LogP contribution is 2.32. The first kappa shape index (κ1) is 28.1. The molecule has 0 radical (unpaired) electrons. The van der Waals surface area contributed by atoms with Gasteiger partial charge in [-0.15, -0.1) is 0 Å². The second kappa shape index (κ2) is 12.8. The summed E-state index contributed by atoms with van der Waals surface area (Å²) in [4.78, 5) is 33.7. The number of rotatable bonds is 9. The Labute approximate surface area is 237 Å². The quantitative estimate of drug-likeness (QED) is 0.389. The molecule has 1 aliphatic heterocycles. The van der Waals surface area contributed by atoms with Crippen LogP contribution in [0, 0.1) is 13.8 Å². The van der Waals surface area contributed by atoms with Gasteiger partial charge in [0.1, 0.15) is 0 Å². The summed E-state index contributed by atoms with van der Waals surface area (Å²) in [5.41, 5.74) is 7.23. The fourth-order valence-electron chi connectivity index (χ4n) is 6.13. The van der Waals surface area contributed by atoms with Crippen molar-refractivity contribution >= 4 is 11.6 Å². The lowest BCUT2D eigenvalue weighted by atomic mass is 9.99. The summed E-state index contributed by atoms with van der Waals surface area (Å²) in [6.07, 6.45) is 4.88. The number of amides is 1. The molecule has 5 rings (SSSR count). The molecular formula is C33H42N4O3. The maximum absolute atomic E-state index is 13.5. The lowest BCUT2D eigenvalue weighted by Gasteiger charge is -2.31. The highest BCUT2D eigenvalue weighted by Gasteiger charge is 2.23. The van der Waals surface area contributed by atoms with Crippen molar-refractivity contribution < 1.29 is 9.53 Å². The van der Waals surface area contributed by atoms with Gasteiger partial charge in [-0.3, -0.25) is 14.5 Å². The van der Waals surface area contributed by atoms with Gasteiger partial charge in [0, 0.05) is 61.3 Å². The van der Waals surface area contributed by atoms with Gasteiger partial charge in [0.2, 0.25) is 0 Å². The molecule has 7 nitrogen and oxygen atoms in total. The summed E-state index contributed by atoms with van der Waals surface area (Å²) in [5, 5.41) is 3.01. The number of benzene rings is 2. The van der Waals surface area contributed by atoms with Crippen molar-refractivity contribution in [2.45, 2.75) is 65.6 Å². The third-order valence-corrected chi connectivity index (χ3v) is 8.33. The lowest BCUT2D eigenvalue weighted by Crippen LogP contribution is -2.35. The van der Waals surface area contributed by atoms with Crippen LogP contribution in [0.3, 0.4) is 0 Å². The Bertz CT molecular complexity index is 1370. The van der Waals surface area contributed by atoms with Crippen LogP contribution in [0.2, 0.25) is 0 Å². The zero-order valence-corrected chi connectivity index (χ0v) is 24.1. The molecule has 212 valence electrons. The summed E-state index contributed by atoms with van der Waals surface area (Å²) in [6, 6.07) is 17.4. The van der Waals surface area contributed by atoms with Crippen molar-refractivity contribution in [3.05, 3.63) is 86.8 Å². The maximum atomic E-state index is 13.5. The number of aromatic nitrogens is 1. The highest BCUT2D eigenvalue weighted by molar-refractivity contribution is 5.97. The Kier molecular flexibility index (Phi) is 9.02. The largest absolute Gasteiger partial charge is 0.379 e. The van der Waals surface area contributed by atoms with Crippen LogP contribution in [0.5, 0.6) is 0 Å². The second-order valence-electron chi connectivity index (χ2n) is 11.2. The van der Waals surface area contributed by atoms with Gasteiger partial charge in [-0.05, 0) is 80.1 Å². The van der Waals surface area contributed by atoms with E-state index in [-0.39, 0.29) is 18.0 Å². The highest BCUT2D eigenvalue weighted by atomic mass is 16.5. The van der Waals surface area contributed by atoms with Crippen LogP contribution in [-0.2, 0) is 17.8 Å². The van der Waals surface area contributed by atoms with Crippen LogP contribution >= 0.6 is 0 Å². The van der Waals surface area contributed by atoms with Gasteiger partial charge >= 0.3 is 0 Å². The Morgan fingerprint density at radius 1 is 1.02 bits per heavy atom. The number of aryl methyl sites for hydroxylation is 2. The van der Waals surface area contributed by atoms with Crippen LogP contribution in [0.4, 0.5) is 5.69 Å². The van der Waals surface area contributed by atoms with Crippen molar-refractivity contribution in [1.29, 1.82) is 0 Å². The third kappa shape index (κ3) is 6.65. The zero-order chi connectivity index (χ0) is 28.1. The normalized spacial score (nSPS) is 16.3. The van der Waals surface area contributed by atoms with Crippen LogP contribution in [0.1, 0.15) is 65.3 Å². The zero-order valence-electron chi connectivity index (χ0n) is 24.1. The number of hydrogen-bond acceptors (Lipinski definition) is 5. The Morgan fingerprint density at radius 3 is 2.42 bits per heavy atom. The Balaban J connectivity index is 1.42. The lowest BCUT2D eigenvalue weighted by molar-refractivity contribution is 0.0342. The maximum Gasteiger partial charge on any atom is 0.253 e. The number of H-pyrrole nitrogens is 1. The number of aromatic amines is 1. The number of hydrogen-bond donors (Lipinski definition) is 2. The number of carbonyl (C=O) groups excluding carboxylic acids is 1. The average molecular weight is 543 g/mol. The molecule has 40 heavy (non-hydrogen) atoms. The van der Waals surface area contributed by atoms with E-state index in [2.05, 4.69) is 57.4 Å². The first-order valence-corrected chi connectivity index (χ1v) is 14.7. The number of anilines is 1. The van der Waals surface area contributed by atoms with Gasteiger partial charge in [0.15, 0.2) is 0 Å². The minimum Gasteiger partial charge on any atom is -0.379 e. The molecule has 2 aromatic carbocycles. The van der Waals surface area contributed by atoms with Gasteiger partial charge in [-0.2, -0.15) is 0 Å². The van der Waals surface area contributed by atoms with E-state index in [4.69, 9.17) is 4.74 Å². The van der Waals surface area contributed by atoms with Crippen molar-refractivity contribution in [2.24, 2.45) is 0 Å². The molecule has 1 amide bonds. The molecule has 2 fully saturated rings. The Morgan fingerprint density at radius 2 is 1.75 bits per heavy atom. The molecule has 0 spiro atoms. The molecule has 2 heterocycles. The van der Waals surface area contributed by atoms with E-state index in [1.165, 1.54) is 31.2 Å². The average Bonchev–Trinajstić information content (AvgIpc) is 3.48. The summed E-state index contributed by atoms with van der Waals surface area (Å²) in [7, 11) is 0. The SMILES string of the molecule is CCN(c1cc(C(=O)NCc2c(C)cc(C)[nH]c2=O)cc(-c2ccc(CN3CCOCC3)cc2)c1)C1CCCC1. The number of nitrogens with zero attached hydrogens (tertiary/aromatic N) is 2. The van der Waals surface area contributed by atoms with Gasteiger partial charge in [0.25, 0.3) is 11.5 Å². The minimum absolute atomic E-state index is 0.150. The standard InChI is InChI=1S/C33H42N4O3/c1-4-37(29-7-5-6-8-29)30-19-27(26-11-9-25(10-12-26)22-36-13-15-40-16-14-36)18-28(20-30)32(38)34-21-31-23(2)17-24(3)35-33(31)39/h9-12,17-20,29H,4-8,13-16,21-22H2,1-3H3,(H,34,38)(H,35,39). The molecule has 1 saturated heterocycles. The number of morpholine rings is 1. The van der Waals surface area contributed by atoms with Crippen LogP contribution < -0.4 is 15.8 Å². The summed E-state index contributed by atoms with van der Waals surface area (Å²) in [6.45, 7) is 11.5. The van der Waals surface area contributed by atoms with E-state index in [1.807, 2.05) is 32.0 Å². The first-order valence-electron chi connectivity index (χ1n) is 14.7. The van der Waals surface area contributed by atoms with Gasteiger partial charge < -0.3 is 19.9 Å². The van der Waals surface area contributed by atoms with E-state index in [9.17, 15) is 9.59 Å². The van der Waals surface area contributed by atoms with Crippen LogP contribution in [0.15, 0.2) is 53.3 Å². The first-order chi connectivity index (χ1) is 19.4. The molecular weight excluding hydrogens is 500 g/mol. The molecule has 1 aromatic heterocycles. The van der Waals surface area contributed by atoms with E-state index in [0.717, 1.165) is 67.5 Å². The monoisotopic (exact) mass is 542 g/mol. The number of carbonyl (C=O) groups is 1. The summed E-state index contributed by atoms with van der Waals surface area (Å²) in [5.74, 6) is -0.172. The molecule has 1 saturated carbocycles. The molecule has 3 aromatic rings. The predicted octanol–water partition coefficient (Wildman–Crippen LogP) is 5.19. The second-order valence-corrected chi connectivity index (χ2v) is 11.2. The minimum atomic E-state index is -0.172. The number of ether oxygens (including phenoxy) is 1. The fourth-order valence-corrected chi connectivity index (χ4v) is 6.13.